The van der Waals surface area contributed by atoms with Gasteiger partial charge >= 0.3 is 0 Å². The first kappa shape index (κ1) is 15.7. The van der Waals surface area contributed by atoms with Crippen LogP contribution in [0.2, 0.25) is 0 Å². The summed E-state index contributed by atoms with van der Waals surface area (Å²) in [6, 6.07) is 13.1. The molecule has 0 atom stereocenters. The monoisotopic (exact) mass is 362 g/mol. The molecule has 2 aromatic rings. The molecular formula is C16H15BrN2OS. The van der Waals surface area contributed by atoms with Crippen LogP contribution in [0.5, 0.6) is 0 Å². The van der Waals surface area contributed by atoms with Gasteiger partial charge in [0.05, 0.1) is 0 Å². The molecule has 2 rings (SSSR count). The van der Waals surface area contributed by atoms with Crippen LogP contribution in [0, 0.1) is 13.8 Å². The Morgan fingerprint density at radius 2 is 1.86 bits per heavy atom. The van der Waals surface area contributed by atoms with Crippen LogP contribution in [-0.4, -0.2) is 11.0 Å². The minimum absolute atomic E-state index is 0.237. The van der Waals surface area contributed by atoms with Gasteiger partial charge in [-0.3, -0.25) is 10.1 Å². The van der Waals surface area contributed by atoms with Crippen LogP contribution in [0.15, 0.2) is 46.9 Å². The molecule has 0 aliphatic heterocycles. The van der Waals surface area contributed by atoms with Gasteiger partial charge in [0, 0.05) is 15.7 Å². The number of aryl methyl sites for hydroxylation is 1. The molecule has 0 aliphatic carbocycles. The summed E-state index contributed by atoms with van der Waals surface area (Å²) in [7, 11) is 0. The largest absolute Gasteiger partial charge is 0.332 e. The van der Waals surface area contributed by atoms with Gasteiger partial charge in [0.2, 0.25) is 0 Å². The second-order valence-corrected chi connectivity index (χ2v) is 5.99. The van der Waals surface area contributed by atoms with Crippen molar-refractivity contribution in [3.63, 3.8) is 0 Å². The van der Waals surface area contributed by atoms with Crippen molar-refractivity contribution < 1.29 is 4.79 Å². The van der Waals surface area contributed by atoms with Gasteiger partial charge in [-0.1, -0.05) is 34.1 Å². The summed E-state index contributed by atoms with van der Waals surface area (Å²) in [6.45, 7) is 4.04. The van der Waals surface area contributed by atoms with E-state index >= 15 is 0 Å². The van der Waals surface area contributed by atoms with Crippen molar-refractivity contribution in [1.29, 1.82) is 0 Å². The van der Waals surface area contributed by atoms with Crippen molar-refractivity contribution >= 4 is 44.9 Å². The molecule has 5 heteroatoms. The number of rotatable bonds is 2. The highest BCUT2D eigenvalue weighted by molar-refractivity contribution is 9.10. The average Bonchev–Trinajstić information content (AvgIpc) is 2.44. The van der Waals surface area contributed by atoms with Crippen molar-refractivity contribution in [2.24, 2.45) is 0 Å². The van der Waals surface area contributed by atoms with Crippen LogP contribution in [0.3, 0.4) is 0 Å². The lowest BCUT2D eigenvalue weighted by Crippen LogP contribution is -2.34. The van der Waals surface area contributed by atoms with E-state index in [0.29, 0.717) is 5.56 Å². The SMILES string of the molecule is Cc1cccc(NC(=S)NC(=O)c2cccc(Br)c2)c1C. The Labute approximate surface area is 137 Å². The quantitative estimate of drug-likeness (QED) is 0.786. The fourth-order valence-corrected chi connectivity index (χ4v) is 2.45. The number of anilines is 1. The summed E-state index contributed by atoms with van der Waals surface area (Å²) in [4.78, 5) is 12.1. The van der Waals surface area contributed by atoms with E-state index in [1.807, 2.05) is 38.1 Å². The van der Waals surface area contributed by atoms with Gasteiger partial charge in [-0.05, 0) is 61.5 Å². The molecule has 3 nitrogen and oxygen atoms in total. The zero-order valence-corrected chi connectivity index (χ0v) is 14.1. The number of hydrogen-bond donors (Lipinski definition) is 2. The first-order valence-corrected chi connectivity index (χ1v) is 7.61. The average molecular weight is 363 g/mol. The third-order valence-electron chi connectivity index (χ3n) is 3.17. The highest BCUT2D eigenvalue weighted by atomic mass is 79.9. The first-order valence-electron chi connectivity index (χ1n) is 6.41. The normalized spacial score (nSPS) is 10.0. The predicted molar refractivity (Wildman–Crippen MR) is 93.7 cm³/mol. The number of carbonyl (C=O) groups is 1. The minimum Gasteiger partial charge on any atom is -0.332 e. The number of nitrogens with one attached hydrogen (secondary N) is 2. The molecule has 0 saturated carbocycles. The maximum absolute atomic E-state index is 12.1. The van der Waals surface area contributed by atoms with Crippen molar-refractivity contribution in [2.45, 2.75) is 13.8 Å². The Hall–Kier alpha value is -1.72. The maximum atomic E-state index is 12.1. The molecule has 0 unspecified atom stereocenters. The number of thiocarbonyl (C=S) groups is 1. The van der Waals surface area contributed by atoms with Crippen molar-refractivity contribution in [2.75, 3.05) is 5.32 Å². The van der Waals surface area contributed by atoms with E-state index in [1.165, 1.54) is 5.56 Å². The molecule has 0 radical (unpaired) electrons. The van der Waals surface area contributed by atoms with E-state index in [1.54, 1.807) is 18.2 Å². The second-order valence-electron chi connectivity index (χ2n) is 4.67. The highest BCUT2D eigenvalue weighted by Crippen LogP contribution is 2.18. The number of hydrogen-bond acceptors (Lipinski definition) is 2. The van der Waals surface area contributed by atoms with E-state index in [-0.39, 0.29) is 11.0 Å². The lowest BCUT2D eigenvalue weighted by Gasteiger charge is -2.13. The van der Waals surface area contributed by atoms with Gasteiger partial charge in [-0.25, -0.2) is 0 Å². The number of carbonyl (C=O) groups excluding carboxylic acids is 1. The van der Waals surface area contributed by atoms with Gasteiger partial charge < -0.3 is 5.32 Å². The molecule has 21 heavy (non-hydrogen) atoms. The van der Waals surface area contributed by atoms with Crippen molar-refractivity contribution in [3.05, 3.63) is 63.6 Å². The van der Waals surface area contributed by atoms with Crippen LogP contribution in [0.25, 0.3) is 0 Å². The molecule has 0 fully saturated rings. The Bertz CT molecular complexity index is 700. The van der Waals surface area contributed by atoms with Gasteiger partial charge in [-0.15, -0.1) is 0 Å². The van der Waals surface area contributed by atoms with Crippen LogP contribution < -0.4 is 10.6 Å². The van der Waals surface area contributed by atoms with Crippen LogP contribution in [0.1, 0.15) is 21.5 Å². The Morgan fingerprint density at radius 3 is 2.57 bits per heavy atom. The van der Waals surface area contributed by atoms with Crippen LogP contribution in [-0.2, 0) is 0 Å². The lowest BCUT2D eigenvalue weighted by molar-refractivity contribution is 0.0977. The summed E-state index contributed by atoms with van der Waals surface area (Å²) in [5, 5.41) is 6.02. The number of benzene rings is 2. The summed E-state index contributed by atoms with van der Waals surface area (Å²) >= 11 is 8.53. The molecular weight excluding hydrogens is 348 g/mol. The fourth-order valence-electron chi connectivity index (χ4n) is 1.85. The molecule has 0 spiro atoms. The molecule has 1 amide bonds. The van der Waals surface area contributed by atoms with Crippen LogP contribution >= 0.6 is 28.1 Å². The van der Waals surface area contributed by atoms with Crippen molar-refractivity contribution in [3.8, 4) is 0 Å². The summed E-state index contributed by atoms with van der Waals surface area (Å²) < 4.78 is 0.851. The molecule has 0 heterocycles. The zero-order valence-electron chi connectivity index (χ0n) is 11.7. The van der Waals surface area contributed by atoms with E-state index in [2.05, 4.69) is 26.6 Å². The van der Waals surface area contributed by atoms with E-state index in [9.17, 15) is 4.79 Å². The number of amides is 1. The first-order chi connectivity index (χ1) is 9.97. The third-order valence-corrected chi connectivity index (χ3v) is 3.86. The smallest absolute Gasteiger partial charge is 0.257 e. The lowest BCUT2D eigenvalue weighted by atomic mass is 10.1. The summed E-state index contributed by atoms with van der Waals surface area (Å²) in [5.41, 5.74) is 3.72. The van der Waals surface area contributed by atoms with Crippen molar-refractivity contribution in [1.82, 2.24) is 5.32 Å². The van der Waals surface area contributed by atoms with E-state index < -0.39 is 0 Å². The molecule has 0 aliphatic rings. The minimum atomic E-state index is -0.237. The Morgan fingerprint density at radius 1 is 1.14 bits per heavy atom. The molecule has 108 valence electrons. The van der Waals surface area contributed by atoms with Gasteiger partial charge in [0.15, 0.2) is 5.11 Å². The molecule has 2 N–H and O–H groups in total. The molecule has 2 aromatic carbocycles. The Kier molecular flexibility index (Phi) is 5.09. The maximum Gasteiger partial charge on any atom is 0.257 e. The summed E-state index contributed by atoms with van der Waals surface area (Å²) in [6.07, 6.45) is 0. The second kappa shape index (κ2) is 6.83. The van der Waals surface area contributed by atoms with Gasteiger partial charge in [0.1, 0.15) is 0 Å². The molecule has 0 bridgehead atoms. The van der Waals surface area contributed by atoms with Crippen LogP contribution in [0.4, 0.5) is 5.69 Å². The van der Waals surface area contributed by atoms with Gasteiger partial charge in [0.25, 0.3) is 5.91 Å². The highest BCUT2D eigenvalue weighted by Gasteiger charge is 2.09. The number of halogens is 1. The van der Waals surface area contributed by atoms with E-state index in [0.717, 1.165) is 15.7 Å². The fraction of sp³-hybridized carbons (Fsp3) is 0.125. The predicted octanol–water partition coefficient (Wildman–Crippen LogP) is 4.19. The third kappa shape index (κ3) is 4.12. The Balaban J connectivity index is 2.05. The summed E-state index contributed by atoms with van der Waals surface area (Å²) in [5.74, 6) is -0.237. The standard InChI is InChI=1S/C16H15BrN2OS/c1-10-5-3-8-14(11(10)2)18-16(21)19-15(20)12-6-4-7-13(17)9-12/h3-9H,1-2H3,(H2,18,19,20,21). The van der Waals surface area contributed by atoms with E-state index in [4.69, 9.17) is 12.2 Å². The zero-order chi connectivity index (χ0) is 15.4. The van der Waals surface area contributed by atoms with Gasteiger partial charge in [-0.2, -0.15) is 0 Å². The molecule has 0 aromatic heterocycles. The topological polar surface area (TPSA) is 41.1 Å². The molecule has 0 saturated heterocycles.